The van der Waals surface area contributed by atoms with Gasteiger partial charge in [0.05, 0.1) is 11.4 Å². The number of hydrogen-bond donors (Lipinski definition) is 0. The van der Waals surface area contributed by atoms with Crippen LogP contribution in [0.4, 0.5) is 10.1 Å². The summed E-state index contributed by atoms with van der Waals surface area (Å²) in [5.41, 5.74) is 1.19. The first-order valence-corrected chi connectivity index (χ1v) is 9.42. The largest absolute Gasteiger partial charge is 0.366 e. The Hall–Kier alpha value is -2.70. The zero-order chi connectivity index (χ0) is 19.0. The summed E-state index contributed by atoms with van der Waals surface area (Å²) in [6.45, 7) is 3.83. The minimum atomic E-state index is -0.642. The summed E-state index contributed by atoms with van der Waals surface area (Å²) in [5, 5.41) is 4.42. The van der Waals surface area contributed by atoms with Crippen LogP contribution in [0.1, 0.15) is 37.4 Å². The molecular formula is C20H23FN4O2. The van der Waals surface area contributed by atoms with Gasteiger partial charge in [0, 0.05) is 38.2 Å². The molecule has 1 saturated carbocycles. The fourth-order valence-electron chi connectivity index (χ4n) is 3.56. The van der Waals surface area contributed by atoms with Crippen LogP contribution in [0.15, 0.2) is 41.2 Å². The van der Waals surface area contributed by atoms with Crippen LogP contribution in [-0.4, -0.2) is 46.8 Å². The lowest BCUT2D eigenvalue weighted by molar-refractivity contribution is -0.135. The number of piperazine rings is 1. The van der Waals surface area contributed by atoms with Crippen molar-refractivity contribution in [1.29, 1.82) is 0 Å². The molecular weight excluding hydrogens is 347 g/mol. The van der Waals surface area contributed by atoms with Crippen molar-refractivity contribution in [3.63, 3.8) is 0 Å². The third kappa shape index (κ3) is 3.59. The molecule has 27 heavy (non-hydrogen) atoms. The van der Waals surface area contributed by atoms with Crippen molar-refractivity contribution >= 4 is 11.6 Å². The van der Waals surface area contributed by atoms with Gasteiger partial charge in [0.1, 0.15) is 11.9 Å². The van der Waals surface area contributed by atoms with E-state index in [0.717, 1.165) is 18.5 Å². The van der Waals surface area contributed by atoms with E-state index in [0.29, 0.717) is 37.8 Å². The highest BCUT2D eigenvalue weighted by atomic mass is 19.1. The van der Waals surface area contributed by atoms with E-state index in [9.17, 15) is 14.0 Å². The van der Waals surface area contributed by atoms with Gasteiger partial charge >= 0.3 is 0 Å². The Morgan fingerprint density at radius 1 is 1.11 bits per heavy atom. The summed E-state index contributed by atoms with van der Waals surface area (Å²) in [7, 11) is 0. The van der Waals surface area contributed by atoms with Crippen LogP contribution in [0.2, 0.25) is 0 Å². The molecule has 1 aromatic carbocycles. The van der Waals surface area contributed by atoms with E-state index in [4.69, 9.17) is 0 Å². The summed E-state index contributed by atoms with van der Waals surface area (Å²) in [4.78, 5) is 28.8. The van der Waals surface area contributed by atoms with Gasteiger partial charge in [-0.15, -0.1) is 0 Å². The van der Waals surface area contributed by atoms with E-state index in [1.54, 1.807) is 30.0 Å². The highest BCUT2D eigenvalue weighted by molar-refractivity contribution is 5.80. The molecule has 0 N–H and O–H groups in total. The van der Waals surface area contributed by atoms with Crippen molar-refractivity contribution in [3.8, 4) is 0 Å². The van der Waals surface area contributed by atoms with E-state index < -0.39 is 6.04 Å². The average molecular weight is 370 g/mol. The van der Waals surface area contributed by atoms with Crippen LogP contribution >= 0.6 is 0 Å². The Morgan fingerprint density at radius 3 is 2.48 bits per heavy atom. The van der Waals surface area contributed by atoms with Gasteiger partial charge in [-0.05, 0) is 38.0 Å². The molecule has 0 spiro atoms. The quantitative estimate of drug-likeness (QED) is 0.828. The first-order chi connectivity index (χ1) is 13.0. The zero-order valence-electron chi connectivity index (χ0n) is 15.3. The van der Waals surface area contributed by atoms with Crippen LogP contribution in [-0.2, 0) is 4.79 Å². The lowest BCUT2D eigenvalue weighted by Crippen LogP contribution is -2.51. The molecule has 2 aromatic rings. The smallest absolute Gasteiger partial charge is 0.267 e. The molecule has 0 unspecified atom stereocenters. The zero-order valence-corrected chi connectivity index (χ0v) is 15.3. The van der Waals surface area contributed by atoms with Crippen LogP contribution in [0, 0.1) is 5.82 Å². The molecule has 0 bridgehead atoms. The topological polar surface area (TPSA) is 58.4 Å². The molecule has 0 radical (unpaired) electrons. The SMILES string of the molecule is C[C@@H](C(=O)N1CCN(c2ccccc2F)CC1)n1nc(C2CC2)ccc1=O. The summed E-state index contributed by atoms with van der Waals surface area (Å²) in [6, 6.07) is 9.30. The van der Waals surface area contributed by atoms with Gasteiger partial charge in [-0.2, -0.15) is 5.10 Å². The maximum atomic E-state index is 14.0. The first-order valence-electron chi connectivity index (χ1n) is 9.42. The average Bonchev–Trinajstić information content (AvgIpc) is 3.53. The third-order valence-electron chi connectivity index (χ3n) is 5.35. The highest BCUT2D eigenvalue weighted by Gasteiger charge is 2.30. The molecule has 4 rings (SSSR count). The van der Waals surface area contributed by atoms with E-state index in [1.165, 1.54) is 16.8 Å². The molecule has 7 heteroatoms. The molecule has 6 nitrogen and oxygen atoms in total. The second kappa shape index (κ2) is 7.13. The number of hydrogen-bond acceptors (Lipinski definition) is 4. The number of halogens is 1. The monoisotopic (exact) mass is 370 g/mol. The Bertz CT molecular complexity index is 901. The normalized spacial score (nSPS) is 18.4. The molecule has 2 heterocycles. The van der Waals surface area contributed by atoms with Gasteiger partial charge < -0.3 is 9.80 Å². The van der Waals surface area contributed by atoms with Crippen LogP contribution < -0.4 is 10.5 Å². The number of carbonyl (C=O) groups is 1. The number of para-hydroxylation sites is 1. The van der Waals surface area contributed by atoms with Crippen molar-refractivity contribution in [1.82, 2.24) is 14.7 Å². The lowest BCUT2D eigenvalue weighted by Gasteiger charge is -2.37. The van der Waals surface area contributed by atoms with Gasteiger partial charge in [0.25, 0.3) is 5.56 Å². The van der Waals surface area contributed by atoms with Gasteiger partial charge in [-0.3, -0.25) is 9.59 Å². The maximum Gasteiger partial charge on any atom is 0.267 e. The molecule has 1 saturated heterocycles. The fraction of sp³-hybridized carbons (Fsp3) is 0.450. The van der Waals surface area contributed by atoms with E-state index in [2.05, 4.69) is 5.10 Å². The Kier molecular flexibility index (Phi) is 4.68. The molecule has 1 aromatic heterocycles. The molecule has 142 valence electrons. The number of carbonyl (C=O) groups excluding carboxylic acids is 1. The number of benzene rings is 1. The van der Waals surface area contributed by atoms with Gasteiger partial charge in [-0.1, -0.05) is 12.1 Å². The number of aromatic nitrogens is 2. The second-order valence-corrected chi connectivity index (χ2v) is 7.25. The van der Waals surface area contributed by atoms with E-state index in [-0.39, 0.29) is 17.3 Å². The molecule has 2 fully saturated rings. The molecule has 2 aliphatic rings. The van der Waals surface area contributed by atoms with Crippen LogP contribution in [0.25, 0.3) is 0 Å². The van der Waals surface area contributed by atoms with Gasteiger partial charge in [0.2, 0.25) is 5.91 Å². The minimum absolute atomic E-state index is 0.120. The molecule has 1 atom stereocenters. The maximum absolute atomic E-state index is 14.0. The lowest BCUT2D eigenvalue weighted by atomic mass is 10.2. The molecule has 1 aliphatic carbocycles. The van der Waals surface area contributed by atoms with Crippen molar-refractivity contribution in [2.24, 2.45) is 0 Å². The van der Waals surface area contributed by atoms with Crippen LogP contribution in [0.3, 0.4) is 0 Å². The van der Waals surface area contributed by atoms with Crippen molar-refractivity contribution < 1.29 is 9.18 Å². The number of anilines is 1. The number of nitrogens with zero attached hydrogens (tertiary/aromatic N) is 4. The Morgan fingerprint density at radius 2 is 1.81 bits per heavy atom. The van der Waals surface area contributed by atoms with E-state index in [1.807, 2.05) is 11.0 Å². The third-order valence-corrected chi connectivity index (χ3v) is 5.35. The van der Waals surface area contributed by atoms with E-state index >= 15 is 0 Å². The number of amides is 1. The summed E-state index contributed by atoms with van der Waals surface area (Å²) >= 11 is 0. The molecule has 1 amide bonds. The summed E-state index contributed by atoms with van der Waals surface area (Å²) < 4.78 is 15.3. The van der Waals surface area contributed by atoms with Crippen molar-refractivity contribution in [2.45, 2.75) is 31.7 Å². The Balaban J connectivity index is 1.44. The standard InChI is InChI=1S/C20H23FN4O2/c1-14(25-19(26)9-8-17(22-25)15-6-7-15)20(27)24-12-10-23(11-13-24)18-5-3-2-4-16(18)21/h2-5,8-9,14-15H,6-7,10-13H2,1H3/t14-/m0/s1. The highest BCUT2D eigenvalue weighted by Crippen LogP contribution is 2.38. The van der Waals surface area contributed by atoms with Crippen molar-refractivity contribution in [2.75, 3.05) is 31.1 Å². The van der Waals surface area contributed by atoms with Gasteiger partial charge in [0.15, 0.2) is 0 Å². The first kappa shape index (κ1) is 17.7. The summed E-state index contributed by atoms with van der Waals surface area (Å²) in [6.07, 6.45) is 2.18. The fourth-order valence-corrected chi connectivity index (χ4v) is 3.56. The van der Waals surface area contributed by atoms with Crippen molar-refractivity contribution in [3.05, 3.63) is 58.3 Å². The van der Waals surface area contributed by atoms with Gasteiger partial charge in [-0.25, -0.2) is 9.07 Å². The predicted octanol–water partition coefficient (Wildman–Crippen LogP) is 2.17. The number of rotatable bonds is 4. The Labute approximate surface area is 157 Å². The summed E-state index contributed by atoms with van der Waals surface area (Å²) in [5.74, 6) is 0.0486. The second-order valence-electron chi connectivity index (χ2n) is 7.25. The predicted molar refractivity (Wildman–Crippen MR) is 100 cm³/mol. The minimum Gasteiger partial charge on any atom is -0.366 e. The molecule has 1 aliphatic heterocycles. The van der Waals surface area contributed by atoms with Crippen LogP contribution in [0.5, 0.6) is 0 Å².